The van der Waals surface area contributed by atoms with Gasteiger partial charge in [-0.15, -0.1) is 0 Å². The summed E-state index contributed by atoms with van der Waals surface area (Å²) in [6.07, 6.45) is 0. The van der Waals surface area contributed by atoms with Crippen molar-refractivity contribution in [3.63, 3.8) is 0 Å². The van der Waals surface area contributed by atoms with Crippen LogP contribution in [0.2, 0.25) is 0 Å². The van der Waals surface area contributed by atoms with Crippen molar-refractivity contribution in [1.82, 2.24) is 15.2 Å². The number of amides is 1. The molecule has 4 aromatic rings. The molecule has 4 rings (SSSR count). The van der Waals surface area contributed by atoms with Gasteiger partial charge in [0.1, 0.15) is 5.82 Å². The predicted molar refractivity (Wildman–Crippen MR) is 128 cm³/mol. The van der Waals surface area contributed by atoms with Crippen molar-refractivity contribution >= 4 is 27.3 Å². The van der Waals surface area contributed by atoms with Crippen molar-refractivity contribution < 1.29 is 13.2 Å². The summed E-state index contributed by atoms with van der Waals surface area (Å²) < 4.78 is 28.3. The van der Waals surface area contributed by atoms with Crippen molar-refractivity contribution in [2.45, 2.75) is 25.7 Å². The van der Waals surface area contributed by atoms with Crippen molar-refractivity contribution in [1.29, 1.82) is 0 Å². The quantitative estimate of drug-likeness (QED) is 0.392. The summed E-state index contributed by atoms with van der Waals surface area (Å²) in [5.41, 5.74) is 3.68. The number of aromatic nitrogens is 3. The number of carbonyl (C=O) groups is 1. The summed E-state index contributed by atoms with van der Waals surface area (Å²) in [6, 6.07) is 18.6. The van der Waals surface area contributed by atoms with Gasteiger partial charge in [-0.2, -0.15) is 5.10 Å². The summed E-state index contributed by atoms with van der Waals surface area (Å²) in [5.74, 6) is 0.797. The number of H-pyrrole nitrogens is 1. The van der Waals surface area contributed by atoms with Crippen LogP contribution >= 0.6 is 0 Å². The number of benzene rings is 3. The van der Waals surface area contributed by atoms with E-state index in [1.54, 1.807) is 50.2 Å². The van der Waals surface area contributed by atoms with Gasteiger partial charge in [-0.3, -0.25) is 14.6 Å². The van der Waals surface area contributed by atoms with Crippen LogP contribution in [0.4, 0.5) is 11.4 Å². The molecule has 0 saturated carbocycles. The third-order valence-electron chi connectivity index (χ3n) is 5.04. The number of sulfonamides is 1. The van der Waals surface area contributed by atoms with Crippen LogP contribution in [0.15, 0.2) is 71.6 Å². The lowest BCUT2D eigenvalue weighted by Gasteiger charge is -2.12. The van der Waals surface area contributed by atoms with Gasteiger partial charge < -0.3 is 5.32 Å². The third-order valence-corrected chi connectivity index (χ3v) is 6.42. The number of hydrogen-bond donors (Lipinski definition) is 3. The number of anilines is 2. The molecule has 0 fully saturated rings. The van der Waals surface area contributed by atoms with Crippen molar-refractivity contribution in [2.75, 3.05) is 10.0 Å². The molecule has 0 bridgehead atoms. The number of hydrogen-bond acceptors (Lipinski definition) is 5. The zero-order chi connectivity index (χ0) is 23.6. The molecule has 0 aliphatic rings. The smallest absolute Gasteiger partial charge is 0.261 e. The molecular formula is C24H23N5O3S. The Morgan fingerprint density at radius 2 is 1.67 bits per heavy atom. The van der Waals surface area contributed by atoms with E-state index in [0.29, 0.717) is 28.6 Å². The molecule has 0 aliphatic carbocycles. The molecule has 33 heavy (non-hydrogen) atoms. The molecule has 0 spiro atoms. The van der Waals surface area contributed by atoms with Crippen LogP contribution in [-0.4, -0.2) is 29.5 Å². The molecule has 8 nitrogen and oxygen atoms in total. The molecule has 1 amide bonds. The minimum Gasteiger partial charge on any atom is -0.322 e. The molecule has 9 heteroatoms. The van der Waals surface area contributed by atoms with Crippen molar-refractivity contribution in [2.24, 2.45) is 0 Å². The fraction of sp³-hybridized carbons (Fsp3) is 0.125. The maximum absolute atomic E-state index is 13.0. The summed E-state index contributed by atoms with van der Waals surface area (Å²) in [7, 11) is -3.86. The van der Waals surface area contributed by atoms with E-state index in [1.165, 1.54) is 12.1 Å². The van der Waals surface area contributed by atoms with Crippen LogP contribution in [0.5, 0.6) is 0 Å². The first-order valence-electron chi connectivity index (χ1n) is 10.2. The number of aromatic amines is 1. The topological polar surface area (TPSA) is 117 Å². The summed E-state index contributed by atoms with van der Waals surface area (Å²) in [4.78, 5) is 17.3. The maximum Gasteiger partial charge on any atom is 0.261 e. The highest BCUT2D eigenvalue weighted by atomic mass is 32.2. The molecule has 1 heterocycles. The second kappa shape index (κ2) is 8.87. The van der Waals surface area contributed by atoms with Gasteiger partial charge in [-0.05, 0) is 62.7 Å². The van der Waals surface area contributed by atoms with Gasteiger partial charge in [-0.25, -0.2) is 13.4 Å². The highest BCUT2D eigenvalue weighted by Crippen LogP contribution is 2.23. The van der Waals surface area contributed by atoms with E-state index < -0.39 is 15.9 Å². The SMILES string of the molecule is Cc1ccc(NS(=O)(=O)c2ccc(C)c(C(=O)Nc3cccc(-c4n[nH]c(C)n4)c3)c2)cc1. The highest BCUT2D eigenvalue weighted by molar-refractivity contribution is 7.92. The first-order valence-corrected chi connectivity index (χ1v) is 11.7. The zero-order valence-corrected chi connectivity index (χ0v) is 19.2. The van der Waals surface area contributed by atoms with E-state index in [2.05, 4.69) is 25.2 Å². The van der Waals surface area contributed by atoms with E-state index in [1.807, 2.05) is 25.1 Å². The van der Waals surface area contributed by atoms with Gasteiger partial charge >= 0.3 is 0 Å². The van der Waals surface area contributed by atoms with Crippen LogP contribution in [0.25, 0.3) is 11.4 Å². The maximum atomic E-state index is 13.0. The van der Waals surface area contributed by atoms with E-state index in [4.69, 9.17) is 0 Å². The molecule has 0 unspecified atom stereocenters. The molecule has 1 aromatic heterocycles. The summed E-state index contributed by atoms with van der Waals surface area (Å²) >= 11 is 0. The molecule has 0 atom stereocenters. The van der Waals surface area contributed by atoms with E-state index in [-0.39, 0.29) is 10.5 Å². The summed E-state index contributed by atoms with van der Waals surface area (Å²) in [6.45, 7) is 5.48. The number of carbonyl (C=O) groups excluding carboxylic acids is 1. The highest BCUT2D eigenvalue weighted by Gasteiger charge is 2.19. The number of rotatable bonds is 6. The molecule has 3 N–H and O–H groups in total. The first-order chi connectivity index (χ1) is 15.7. The molecule has 0 saturated heterocycles. The third kappa shape index (κ3) is 5.09. The van der Waals surface area contributed by atoms with Crippen molar-refractivity contribution in [3.05, 3.63) is 89.2 Å². The average Bonchev–Trinajstić information content (AvgIpc) is 3.22. The molecule has 0 aliphatic heterocycles. The molecule has 0 radical (unpaired) electrons. The van der Waals surface area contributed by atoms with Crippen molar-refractivity contribution in [3.8, 4) is 11.4 Å². The van der Waals surface area contributed by atoms with Gasteiger partial charge in [-0.1, -0.05) is 35.9 Å². The fourth-order valence-electron chi connectivity index (χ4n) is 3.25. The Labute approximate surface area is 192 Å². The Bertz CT molecular complexity index is 1430. The Kier molecular flexibility index (Phi) is 5.97. The standard InChI is InChI=1S/C24H23N5O3S/c1-15-7-10-19(11-8-15)29-33(31,32)21-12-9-16(2)22(14-21)24(30)26-20-6-4-5-18(13-20)23-25-17(3)27-28-23/h4-14,29H,1-3H3,(H,26,30)(H,25,27,28). The second-order valence-electron chi connectivity index (χ2n) is 7.73. The normalized spacial score (nSPS) is 11.2. The Morgan fingerprint density at radius 3 is 2.36 bits per heavy atom. The van der Waals surface area contributed by atoms with Gasteiger partial charge in [0.25, 0.3) is 15.9 Å². The van der Waals surface area contributed by atoms with Crippen LogP contribution < -0.4 is 10.0 Å². The van der Waals surface area contributed by atoms with Gasteiger partial charge in [0.15, 0.2) is 5.82 Å². The second-order valence-corrected chi connectivity index (χ2v) is 9.41. The fourth-order valence-corrected chi connectivity index (χ4v) is 4.34. The van der Waals surface area contributed by atoms with Gasteiger partial charge in [0, 0.05) is 22.5 Å². The van der Waals surface area contributed by atoms with E-state index in [9.17, 15) is 13.2 Å². The molecule has 3 aromatic carbocycles. The lowest BCUT2D eigenvalue weighted by molar-refractivity contribution is 0.102. The largest absolute Gasteiger partial charge is 0.322 e. The number of nitrogens with one attached hydrogen (secondary N) is 3. The number of aryl methyl sites for hydroxylation is 3. The minimum atomic E-state index is -3.86. The van der Waals surface area contributed by atoms with E-state index >= 15 is 0 Å². The Hall–Kier alpha value is -3.98. The lowest BCUT2D eigenvalue weighted by Crippen LogP contribution is -2.17. The molecule has 168 valence electrons. The first kappa shape index (κ1) is 22.2. The van der Waals surface area contributed by atoms with Gasteiger partial charge in [0.2, 0.25) is 0 Å². The zero-order valence-electron chi connectivity index (χ0n) is 18.4. The van der Waals surface area contributed by atoms with Crippen LogP contribution in [0.3, 0.4) is 0 Å². The van der Waals surface area contributed by atoms with Crippen LogP contribution in [-0.2, 0) is 10.0 Å². The minimum absolute atomic E-state index is 0.00349. The Morgan fingerprint density at radius 1 is 0.909 bits per heavy atom. The monoisotopic (exact) mass is 461 g/mol. The summed E-state index contributed by atoms with van der Waals surface area (Å²) in [5, 5.41) is 9.75. The van der Waals surface area contributed by atoms with E-state index in [0.717, 1.165) is 11.1 Å². The predicted octanol–water partition coefficient (Wildman–Crippen LogP) is 4.45. The van der Waals surface area contributed by atoms with Crippen LogP contribution in [0.1, 0.15) is 27.3 Å². The number of nitrogens with zero attached hydrogens (tertiary/aromatic N) is 2. The molecular weight excluding hydrogens is 438 g/mol. The average molecular weight is 462 g/mol. The van der Waals surface area contributed by atoms with Gasteiger partial charge in [0.05, 0.1) is 4.90 Å². The Balaban J connectivity index is 1.57. The van der Waals surface area contributed by atoms with Crippen LogP contribution in [0, 0.1) is 20.8 Å². The lowest BCUT2D eigenvalue weighted by atomic mass is 10.1.